The van der Waals surface area contributed by atoms with Crippen molar-refractivity contribution in [3.8, 4) is 77.9 Å². The monoisotopic (exact) mass is 760 g/mol. The van der Waals surface area contributed by atoms with Gasteiger partial charge in [-0.05, 0) is 128 Å². The Morgan fingerprint density at radius 3 is 1.10 bits per heavy atom. The van der Waals surface area contributed by atoms with Crippen LogP contribution in [0.2, 0.25) is 0 Å². The second kappa shape index (κ2) is 15.2. The van der Waals surface area contributed by atoms with Crippen LogP contribution in [-0.4, -0.2) is 0 Å². The Kier molecular flexibility index (Phi) is 8.95. The van der Waals surface area contributed by atoms with E-state index in [1.165, 1.54) is 110 Å². The molecule has 0 aliphatic heterocycles. The number of fused-ring (bicyclic) bond motifs is 3. The first kappa shape index (κ1) is 35.4. The van der Waals surface area contributed by atoms with Crippen LogP contribution < -0.4 is 0 Å². The summed E-state index contributed by atoms with van der Waals surface area (Å²) in [6.45, 7) is 0. The molecule has 0 atom stereocenters. The molecular formula is C60H40. The van der Waals surface area contributed by atoms with Gasteiger partial charge in [0, 0.05) is 0 Å². The summed E-state index contributed by atoms with van der Waals surface area (Å²) in [5, 5.41) is 7.45. The van der Waals surface area contributed by atoms with Gasteiger partial charge in [0.05, 0.1) is 0 Å². The zero-order valence-corrected chi connectivity index (χ0v) is 33.1. The van der Waals surface area contributed by atoms with E-state index in [1.54, 1.807) is 0 Å². The van der Waals surface area contributed by atoms with E-state index in [1.807, 2.05) is 0 Å². The van der Waals surface area contributed by atoms with Crippen LogP contribution in [0, 0.1) is 0 Å². The van der Waals surface area contributed by atoms with E-state index in [2.05, 4.69) is 243 Å². The van der Waals surface area contributed by atoms with Crippen molar-refractivity contribution in [1.82, 2.24) is 0 Å². The van der Waals surface area contributed by atoms with Crippen LogP contribution in [0.3, 0.4) is 0 Å². The van der Waals surface area contributed by atoms with Gasteiger partial charge in [0.1, 0.15) is 0 Å². The molecule has 0 spiro atoms. The normalized spacial score (nSPS) is 11.3. The third kappa shape index (κ3) is 6.27. The highest BCUT2D eigenvalue weighted by Crippen LogP contribution is 2.46. The molecule has 0 saturated heterocycles. The summed E-state index contributed by atoms with van der Waals surface area (Å²) in [5.74, 6) is 0. The molecular weight excluding hydrogens is 721 g/mol. The first-order chi connectivity index (χ1) is 29.8. The van der Waals surface area contributed by atoms with Crippen LogP contribution in [-0.2, 0) is 0 Å². The Morgan fingerprint density at radius 1 is 0.167 bits per heavy atom. The fourth-order valence-corrected chi connectivity index (χ4v) is 9.29. The second-order valence-corrected chi connectivity index (χ2v) is 15.6. The van der Waals surface area contributed by atoms with Gasteiger partial charge >= 0.3 is 0 Å². The quantitative estimate of drug-likeness (QED) is 0.142. The Hall–Kier alpha value is -7.80. The molecule has 0 aliphatic carbocycles. The minimum atomic E-state index is 1.19. The molecule has 60 heavy (non-hydrogen) atoms. The molecule has 11 rings (SSSR count). The lowest BCUT2D eigenvalue weighted by molar-refractivity contribution is 1.57. The predicted octanol–water partition coefficient (Wildman–Crippen LogP) is 16.8. The van der Waals surface area contributed by atoms with Gasteiger partial charge in [0.25, 0.3) is 0 Å². The maximum Gasteiger partial charge on any atom is -0.00261 e. The molecule has 0 radical (unpaired) electrons. The standard InChI is InChI=1S/C60H40/c1-4-18-41(19-5-1)42-32-34-44(35-33-42)50-25-12-13-27-52(50)58-40-48(51-26-11-10-24-49(51)43-20-6-2-7-21-43)38-46-36-37-47(39-57(46)58)60-55-30-16-14-28-53(55)59(45-22-8-3-9-23-45)54-29-15-17-31-56(54)60/h1-40H. The van der Waals surface area contributed by atoms with E-state index in [9.17, 15) is 0 Å². The topological polar surface area (TPSA) is 0 Å². The van der Waals surface area contributed by atoms with Gasteiger partial charge < -0.3 is 0 Å². The molecule has 0 heterocycles. The van der Waals surface area contributed by atoms with E-state index < -0.39 is 0 Å². The molecule has 0 heteroatoms. The van der Waals surface area contributed by atoms with Crippen LogP contribution in [0.1, 0.15) is 0 Å². The molecule has 0 bridgehead atoms. The van der Waals surface area contributed by atoms with E-state index in [4.69, 9.17) is 0 Å². The zero-order valence-electron chi connectivity index (χ0n) is 33.1. The highest BCUT2D eigenvalue weighted by molar-refractivity contribution is 6.22. The van der Waals surface area contributed by atoms with Crippen molar-refractivity contribution in [1.29, 1.82) is 0 Å². The average Bonchev–Trinajstić information content (AvgIpc) is 3.33. The molecule has 0 unspecified atom stereocenters. The highest BCUT2D eigenvalue weighted by Gasteiger charge is 2.19. The molecule has 0 amide bonds. The number of rotatable bonds is 7. The van der Waals surface area contributed by atoms with Crippen LogP contribution in [0.4, 0.5) is 0 Å². The lowest BCUT2D eigenvalue weighted by Gasteiger charge is -2.20. The minimum Gasteiger partial charge on any atom is -0.0622 e. The second-order valence-electron chi connectivity index (χ2n) is 15.6. The van der Waals surface area contributed by atoms with Crippen molar-refractivity contribution < 1.29 is 0 Å². The van der Waals surface area contributed by atoms with Gasteiger partial charge in [0.2, 0.25) is 0 Å². The first-order valence-corrected chi connectivity index (χ1v) is 20.8. The SMILES string of the molecule is c1ccc(-c2ccc(-c3ccccc3-c3cc(-c4ccccc4-c4ccccc4)cc4ccc(-c5c6ccccc6c(-c6ccccc6)c6ccccc56)cc34)cc2)cc1. The van der Waals surface area contributed by atoms with Crippen molar-refractivity contribution >= 4 is 32.3 Å². The predicted molar refractivity (Wildman–Crippen MR) is 257 cm³/mol. The fraction of sp³-hybridized carbons (Fsp3) is 0. The summed E-state index contributed by atoms with van der Waals surface area (Å²) in [6, 6.07) is 88.8. The van der Waals surface area contributed by atoms with Gasteiger partial charge in [-0.3, -0.25) is 0 Å². The lowest BCUT2D eigenvalue weighted by atomic mass is 9.84. The van der Waals surface area contributed by atoms with Crippen molar-refractivity contribution in [2.24, 2.45) is 0 Å². The maximum absolute atomic E-state index is 2.45. The maximum atomic E-state index is 2.45. The molecule has 280 valence electrons. The number of hydrogen-bond acceptors (Lipinski definition) is 0. The van der Waals surface area contributed by atoms with Gasteiger partial charge in [-0.2, -0.15) is 0 Å². The van der Waals surface area contributed by atoms with Crippen LogP contribution in [0.15, 0.2) is 243 Å². The summed E-state index contributed by atoms with van der Waals surface area (Å²) in [7, 11) is 0. The summed E-state index contributed by atoms with van der Waals surface area (Å²) in [5.41, 5.74) is 17.1. The van der Waals surface area contributed by atoms with E-state index in [-0.39, 0.29) is 0 Å². The summed E-state index contributed by atoms with van der Waals surface area (Å²) in [6.07, 6.45) is 0. The summed E-state index contributed by atoms with van der Waals surface area (Å²) in [4.78, 5) is 0. The average molecular weight is 761 g/mol. The molecule has 0 fully saturated rings. The fourth-order valence-electron chi connectivity index (χ4n) is 9.29. The van der Waals surface area contributed by atoms with E-state index in [0.29, 0.717) is 0 Å². The Morgan fingerprint density at radius 2 is 0.533 bits per heavy atom. The molecule has 0 N–H and O–H groups in total. The first-order valence-electron chi connectivity index (χ1n) is 20.8. The van der Waals surface area contributed by atoms with Gasteiger partial charge in [-0.15, -0.1) is 0 Å². The third-order valence-corrected chi connectivity index (χ3v) is 12.1. The molecule has 0 nitrogen and oxygen atoms in total. The largest absolute Gasteiger partial charge is 0.0622 e. The van der Waals surface area contributed by atoms with Gasteiger partial charge in [0.15, 0.2) is 0 Å². The number of benzene rings is 11. The minimum absolute atomic E-state index is 1.19. The van der Waals surface area contributed by atoms with Crippen LogP contribution >= 0.6 is 0 Å². The highest BCUT2D eigenvalue weighted by atomic mass is 14.2. The number of hydrogen-bond donors (Lipinski definition) is 0. The van der Waals surface area contributed by atoms with Crippen molar-refractivity contribution in [3.05, 3.63) is 243 Å². The van der Waals surface area contributed by atoms with Crippen molar-refractivity contribution in [3.63, 3.8) is 0 Å². The molecule has 0 aromatic heterocycles. The van der Waals surface area contributed by atoms with E-state index >= 15 is 0 Å². The zero-order chi connectivity index (χ0) is 39.8. The van der Waals surface area contributed by atoms with Crippen LogP contribution in [0.5, 0.6) is 0 Å². The molecule has 0 aliphatic rings. The van der Waals surface area contributed by atoms with Crippen LogP contribution in [0.25, 0.3) is 110 Å². The summed E-state index contributed by atoms with van der Waals surface area (Å²) >= 11 is 0. The third-order valence-electron chi connectivity index (χ3n) is 12.1. The lowest BCUT2D eigenvalue weighted by Crippen LogP contribution is -1.93. The molecule has 11 aromatic carbocycles. The Labute approximate surface area is 351 Å². The molecule has 11 aromatic rings. The smallest absolute Gasteiger partial charge is 0.00261 e. The Balaban J connectivity index is 1.17. The van der Waals surface area contributed by atoms with Crippen molar-refractivity contribution in [2.75, 3.05) is 0 Å². The van der Waals surface area contributed by atoms with Gasteiger partial charge in [-0.25, -0.2) is 0 Å². The van der Waals surface area contributed by atoms with Crippen molar-refractivity contribution in [2.45, 2.75) is 0 Å². The Bertz CT molecular complexity index is 3270. The van der Waals surface area contributed by atoms with Gasteiger partial charge in [-0.1, -0.05) is 224 Å². The van der Waals surface area contributed by atoms with E-state index in [0.717, 1.165) is 0 Å². The summed E-state index contributed by atoms with van der Waals surface area (Å²) < 4.78 is 0. The molecule has 0 saturated carbocycles.